The second-order valence-electron chi connectivity index (χ2n) is 5.45. The van der Waals surface area contributed by atoms with Gasteiger partial charge < -0.3 is 9.73 Å². The van der Waals surface area contributed by atoms with E-state index in [1.807, 2.05) is 31.1 Å². The molecule has 1 atom stereocenters. The summed E-state index contributed by atoms with van der Waals surface area (Å²) in [5, 5.41) is 6.94. The van der Waals surface area contributed by atoms with E-state index in [-0.39, 0.29) is 11.9 Å². The van der Waals surface area contributed by atoms with Crippen molar-refractivity contribution in [2.24, 2.45) is 0 Å². The van der Waals surface area contributed by atoms with Crippen LogP contribution in [0.4, 0.5) is 0 Å². The van der Waals surface area contributed by atoms with E-state index < -0.39 is 0 Å². The Bertz CT molecular complexity index is 783. The highest BCUT2D eigenvalue weighted by Crippen LogP contribution is 2.17. The van der Waals surface area contributed by atoms with Gasteiger partial charge in [0.2, 0.25) is 0 Å². The zero-order chi connectivity index (χ0) is 16.9. The quantitative estimate of drug-likeness (QED) is 0.734. The van der Waals surface area contributed by atoms with Gasteiger partial charge >= 0.3 is 0 Å². The third-order valence-electron chi connectivity index (χ3n) is 3.61. The van der Waals surface area contributed by atoms with Crippen molar-refractivity contribution in [2.45, 2.75) is 6.04 Å². The van der Waals surface area contributed by atoms with Crippen LogP contribution in [0.1, 0.15) is 22.2 Å². The number of carbonyl (C=O) groups excluding carboxylic acids is 1. The SMILES string of the molecule is CN(C)C(CNC(=O)c1ccnc(-n2cncn2)c1)c1ccco1. The summed E-state index contributed by atoms with van der Waals surface area (Å²) in [6.07, 6.45) is 6.14. The van der Waals surface area contributed by atoms with Crippen LogP contribution in [0.25, 0.3) is 5.82 Å². The number of rotatable bonds is 6. The summed E-state index contributed by atoms with van der Waals surface area (Å²) in [5.41, 5.74) is 0.507. The Morgan fingerprint density at radius 2 is 2.29 bits per heavy atom. The number of nitrogens with zero attached hydrogens (tertiary/aromatic N) is 5. The van der Waals surface area contributed by atoms with Gasteiger partial charge in [-0.1, -0.05) is 0 Å². The van der Waals surface area contributed by atoms with Crippen LogP contribution in [0.3, 0.4) is 0 Å². The van der Waals surface area contributed by atoms with Gasteiger partial charge in [-0.2, -0.15) is 5.10 Å². The largest absolute Gasteiger partial charge is 0.468 e. The van der Waals surface area contributed by atoms with E-state index >= 15 is 0 Å². The molecule has 1 amide bonds. The molecule has 0 aliphatic rings. The molecule has 8 nitrogen and oxygen atoms in total. The Morgan fingerprint density at radius 1 is 1.42 bits per heavy atom. The third-order valence-corrected chi connectivity index (χ3v) is 3.61. The van der Waals surface area contributed by atoms with Gasteiger partial charge in [0.25, 0.3) is 5.91 Å². The van der Waals surface area contributed by atoms with Gasteiger partial charge in [0.1, 0.15) is 18.4 Å². The first-order valence-corrected chi connectivity index (χ1v) is 7.44. The Hall–Kier alpha value is -3.00. The number of amides is 1. The van der Waals surface area contributed by atoms with Crippen molar-refractivity contribution < 1.29 is 9.21 Å². The van der Waals surface area contributed by atoms with Crippen molar-refractivity contribution in [1.82, 2.24) is 30.0 Å². The van der Waals surface area contributed by atoms with E-state index in [9.17, 15) is 4.79 Å². The van der Waals surface area contributed by atoms with Gasteiger partial charge in [0, 0.05) is 18.3 Å². The highest BCUT2D eigenvalue weighted by molar-refractivity contribution is 5.94. The molecular formula is C16H18N6O2. The van der Waals surface area contributed by atoms with Crippen LogP contribution < -0.4 is 5.32 Å². The number of carbonyl (C=O) groups is 1. The van der Waals surface area contributed by atoms with Crippen molar-refractivity contribution in [2.75, 3.05) is 20.6 Å². The Labute approximate surface area is 139 Å². The number of likely N-dealkylation sites (N-methyl/N-ethyl adjacent to an activating group) is 1. The fourth-order valence-corrected chi connectivity index (χ4v) is 2.32. The van der Waals surface area contributed by atoms with E-state index in [0.29, 0.717) is 17.9 Å². The second kappa shape index (κ2) is 7.05. The molecule has 0 saturated carbocycles. The molecule has 0 aliphatic carbocycles. The molecule has 0 bridgehead atoms. The maximum atomic E-state index is 12.4. The molecule has 0 saturated heterocycles. The average Bonchev–Trinajstić information content (AvgIpc) is 3.28. The van der Waals surface area contributed by atoms with Gasteiger partial charge in [-0.05, 0) is 38.4 Å². The minimum Gasteiger partial charge on any atom is -0.468 e. The number of hydrogen-bond acceptors (Lipinski definition) is 6. The molecule has 3 aromatic rings. The molecule has 24 heavy (non-hydrogen) atoms. The minimum absolute atomic E-state index is 0.0411. The third kappa shape index (κ3) is 3.49. The van der Waals surface area contributed by atoms with E-state index in [2.05, 4.69) is 20.4 Å². The van der Waals surface area contributed by atoms with Crippen molar-refractivity contribution in [1.29, 1.82) is 0 Å². The molecule has 1 unspecified atom stereocenters. The molecule has 8 heteroatoms. The zero-order valence-corrected chi connectivity index (χ0v) is 13.5. The molecule has 1 N–H and O–H groups in total. The lowest BCUT2D eigenvalue weighted by atomic mass is 10.2. The maximum Gasteiger partial charge on any atom is 0.251 e. The monoisotopic (exact) mass is 326 g/mol. The molecule has 3 rings (SSSR count). The van der Waals surface area contributed by atoms with Crippen molar-refractivity contribution in [3.63, 3.8) is 0 Å². The standard InChI is InChI=1S/C16H18N6O2/c1-21(2)13(14-4-3-7-24-14)9-19-16(23)12-5-6-18-15(8-12)22-11-17-10-20-22/h3-8,10-11,13H,9H2,1-2H3,(H,19,23). The lowest BCUT2D eigenvalue weighted by molar-refractivity contribution is 0.0939. The summed E-state index contributed by atoms with van der Waals surface area (Å²) >= 11 is 0. The summed E-state index contributed by atoms with van der Waals surface area (Å²) in [6, 6.07) is 7.02. The summed E-state index contributed by atoms with van der Waals surface area (Å²) < 4.78 is 6.94. The number of nitrogens with one attached hydrogen (secondary N) is 1. The molecule has 0 aromatic carbocycles. The second-order valence-corrected chi connectivity index (χ2v) is 5.45. The highest BCUT2D eigenvalue weighted by Gasteiger charge is 2.18. The van der Waals surface area contributed by atoms with Crippen molar-refractivity contribution >= 4 is 5.91 Å². The fraction of sp³-hybridized carbons (Fsp3) is 0.250. The first-order chi connectivity index (χ1) is 11.6. The van der Waals surface area contributed by atoms with Gasteiger partial charge in [-0.25, -0.2) is 14.6 Å². The van der Waals surface area contributed by atoms with Crippen LogP contribution in [-0.2, 0) is 0 Å². The lowest BCUT2D eigenvalue weighted by Crippen LogP contribution is -2.34. The smallest absolute Gasteiger partial charge is 0.251 e. The van der Waals surface area contributed by atoms with E-state index in [1.165, 1.54) is 17.3 Å². The van der Waals surface area contributed by atoms with Crippen LogP contribution in [0.5, 0.6) is 0 Å². The van der Waals surface area contributed by atoms with Gasteiger partial charge in [0.05, 0.1) is 12.3 Å². The average molecular weight is 326 g/mol. The molecule has 124 valence electrons. The van der Waals surface area contributed by atoms with Crippen LogP contribution in [0, 0.1) is 0 Å². The van der Waals surface area contributed by atoms with E-state index in [1.54, 1.807) is 24.6 Å². The molecule has 3 aromatic heterocycles. The number of pyridine rings is 1. The number of hydrogen-bond donors (Lipinski definition) is 1. The van der Waals surface area contributed by atoms with E-state index in [4.69, 9.17) is 4.42 Å². The Kier molecular flexibility index (Phi) is 4.66. The van der Waals surface area contributed by atoms with Crippen LogP contribution >= 0.6 is 0 Å². The predicted octanol–water partition coefficient (Wildman–Crippen LogP) is 1.29. The van der Waals surface area contributed by atoms with Gasteiger partial charge in [0.15, 0.2) is 5.82 Å². The number of furan rings is 1. The predicted molar refractivity (Wildman–Crippen MR) is 86.6 cm³/mol. The van der Waals surface area contributed by atoms with Gasteiger partial charge in [-0.15, -0.1) is 0 Å². The van der Waals surface area contributed by atoms with Crippen LogP contribution in [-0.4, -0.2) is 51.2 Å². The fourth-order valence-electron chi connectivity index (χ4n) is 2.32. The zero-order valence-electron chi connectivity index (χ0n) is 13.5. The first-order valence-electron chi connectivity index (χ1n) is 7.44. The number of aromatic nitrogens is 4. The summed E-state index contributed by atoms with van der Waals surface area (Å²) in [6.45, 7) is 0.431. The molecular weight excluding hydrogens is 308 g/mol. The summed E-state index contributed by atoms with van der Waals surface area (Å²) in [5.74, 6) is 1.16. The first kappa shape index (κ1) is 15.9. The Morgan fingerprint density at radius 3 is 2.96 bits per heavy atom. The van der Waals surface area contributed by atoms with Gasteiger partial charge in [-0.3, -0.25) is 9.69 Å². The van der Waals surface area contributed by atoms with Crippen molar-refractivity contribution in [3.8, 4) is 5.82 Å². The molecule has 0 radical (unpaired) electrons. The molecule has 0 fully saturated rings. The van der Waals surface area contributed by atoms with E-state index in [0.717, 1.165) is 5.76 Å². The van der Waals surface area contributed by atoms with Crippen LogP contribution in [0.2, 0.25) is 0 Å². The topological polar surface area (TPSA) is 89.1 Å². The maximum absolute atomic E-state index is 12.4. The summed E-state index contributed by atoms with van der Waals surface area (Å²) in [7, 11) is 3.88. The molecule has 0 aliphatic heterocycles. The van der Waals surface area contributed by atoms with Crippen molar-refractivity contribution in [3.05, 3.63) is 60.7 Å². The lowest BCUT2D eigenvalue weighted by Gasteiger charge is -2.22. The van der Waals surface area contributed by atoms with Crippen LogP contribution in [0.15, 0.2) is 53.8 Å². The Balaban J connectivity index is 1.70. The highest BCUT2D eigenvalue weighted by atomic mass is 16.3. The normalized spacial score (nSPS) is 12.3. The minimum atomic E-state index is -0.183. The molecule has 0 spiro atoms. The summed E-state index contributed by atoms with van der Waals surface area (Å²) in [4.78, 5) is 22.5. The molecule has 3 heterocycles.